The second-order valence-electron chi connectivity index (χ2n) is 13.8. The Kier molecular flexibility index (Phi) is 11.2. The lowest BCUT2D eigenvalue weighted by molar-refractivity contribution is 0.139. The van der Waals surface area contributed by atoms with Gasteiger partial charge in [0.25, 0.3) is 0 Å². The second kappa shape index (κ2) is 15.9. The number of hydrogen-bond donors (Lipinski definition) is 2. The van der Waals surface area contributed by atoms with E-state index in [9.17, 15) is 0 Å². The molecular formula is C42H49ClN4O. The van der Waals surface area contributed by atoms with Crippen molar-refractivity contribution in [1.82, 2.24) is 9.88 Å². The molecule has 0 aliphatic heterocycles. The topological polar surface area (TPSA) is 53.3 Å². The number of oxazole rings is 1. The highest BCUT2D eigenvalue weighted by atomic mass is 35.5. The summed E-state index contributed by atoms with van der Waals surface area (Å²) in [7, 11) is 4.39. The summed E-state index contributed by atoms with van der Waals surface area (Å²) < 4.78 is 6.81. The summed E-state index contributed by atoms with van der Waals surface area (Å²) in [4.78, 5) is 7.66. The van der Waals surface area contributed by atoms with Crippen LogP contribution in [0.4, 0.5) is 11.6 Å². The first-order valence-electron chi connectivity index (χ1n) is 17.4. The molecule has 3 unspecified atom stereocenters. The smallest absolute Gasteiger partial charge is 0.219 e. The minimum atomic E-state index is -0.0464. The third-order valence-electron chi connectivity index (χ3n) is 9.91. The standard InChI is InChI=1S/C42H49ClN4O/c1-29-13-11-12-18-37(29)45-39(33-19-21-34(22-20-33)40(47(3)4)35-23-25-36(43)26-24-35)42-46-38(28-32-16-9-6-10-17-32)41(48-42)44-30(2)27-31-14-7-5-8-15-31/h5-18,23-26,30,33-34,39-40,44-45H,19-22,27-28H2,1-4H3. The number of aromatic nitrogens is 1. The van der Waals surface area contributed by atoms with Crippen molar-refractivity contribution in [2.75, 3.05) is 24.7 Å². The summed E-state index contributed by atoms with van der Waals surface area (Å²) in [5, 5.41) is 8.43. The van der Waals surface area contributed by atoms with Crippen LogP contribution >= 0.6 is 11.6 Å². The lowest BCUT2D eigenvalue weighted by Crippen LogP contribution is -2.33. The Morgan fingerprint density at radius 3 is 2.02 bits per heavy atom. The van der Waals surface area contributed by atoms with Gasteiger partial charge in [-0.3, -0.25) is 0 Å². The quantitative estimate of drug-likeness (QED) is 0.132. The Morgan fingerprint density at radius 2 is 1.38 bits per heavy atom. The third kappa shape index (κ3) is 8.50. The van der Waals surface area contributed by atoms with Gasteiger partial charge in [0.2, 0.25) is 11.8 Å². The fourth-order valence-corrected chi connectivity index (χ4v) is 7.62. The van der Waals surface area contributed by atoms with Crippen molar-refractivity contribution in [2.24, 2.45) is 11.8 Å². The van der Waals surface area contributed by atoms with E-state index in [0.717, 1.165) is 60.3 Å². The van der Waals surface area contributed by atoms with E-state index in [4.69, 9.17) is 21.0 Å². The summed E-state index contributed by atoms with van der Waals surface area (Å²) in [5.74, 6) is 2.49. The molecule has 0 radical (unpaired) electrons. The average Bonchev–Trinajstić information content (AvgIpc) is 3.47. The Hall–Kier alpha value is -4.06. The molecule has 1 aliphatic carbocycles. The van der Waals surface area contributed by atoms with Gasteiger partial charge in [-0.25, -0.2) is 4.98 Å². The lowest BCUT2D eigenvalue weighted by atomic mass is 9.74. The van der Waals surface area contributed by atoms with E-state index >= 15 is 0 Å². The van der Waals surface area contributed by atoms with E-state index in [-0.39, 0.29) is 12.1 Å². The zero-order valence-electron chi connectivity index (χ0n) is 28.7. The second-order valence-corrected chi connectivity index (χ2v) is 14.2. The van der Waals surface area contributed by atoms with Gasteiger partial charge in [-0.15, -0.1) is 0 Å². The number of para-hydroxylation sites is 1. The highest BCUT2D eigenvalue weighted by Gasteiger charge is 2.36. The normalized spacial score (nSPS) is 18.3. The maximum absolute atomic E-state index is 6.81. The van der Waals surface area contributed by atoms with Gasteiger partial charge in [0, 0.05) is 29.2 Å². The largest absolute Gasteiger partial charge is 0.423 e. The Morgan fingerprint density at radius 1 is 0.771 bits per heavy atom. The predicted molar refractivity (Wildman–Crippen MR) is 200 cm³/mol. The fourth-order valence-electron chi connectivity index (χ4n) is 7.50. The van der Waals surface area contributed by atoms with E-state index in [1.807, 2.05) is 12.1 Å². The molecule has 1 heterocycles. The van der Waals surface area contributed by atoms with Crippen LogP contribution in [0.1, 0.15) is 78.5 Å². The van der Waals surface area contributed by atoms with E-state index < -0.39 is 0 Å². The highest BCUT2D eigenvalue weighted by molar-refractivity contribution is 6.30. The molecule has 5 aromatic rings. The number of hydrogen-bond acceptors (Lipinski definition) is 5. The van der Waals surface area contributed by atoms with E-state index in [1.54, 1.807) is 0 Å². The Bertz CT molecular complexity index is 1710. The minimum Gasteiger partial charge on any atom is -0.423 e. The number of halogens is 1. The van der Waals surface area contributed by atoms with E-state index in [2.05, 4.69) is 141 Å². The van der Waals surface area contributed by atoms with Crippen LogP contribution in [0.25, 0.3) is 0 Å². The molecule has 48 heavy (non-hydrogen) atoms. The first-order chi connectivity index (χ1) is 23.3. The van der Waals surface area contributed by atoms with Crippen molar-refractivity contribution in [1.29, 1.82) is 0 Å². The lowest BCUT2D eigenvalue weighted by Gasteiger charge is -2.39. The molecule has 4 aromatic carbocycles. The number of rotatable bonds is 13. The van der Waals surface area contributed by atoms with Gasteiger partial charge in [-0.1, -0.05) is 103 Å². The number of benzene rings is 4. The van der Waals surface area contributed by atoms with E-state index in [0.29, 0.717) is 24.3 Å². The van der Waals surface area contributed by atoms with Gasteiger partial charge in [0.05, 0.1) is 0 Å². The molecule has 0 amide bonds. The number of aryl methyl sites for hydroxylation is 1. The molecule has 2 N–H and O–H groups in total. The first-order valence-corrected chi connectivity index (χ1v) is 17.8. The zero-order valence-corrected chi connectivity index (χ0v) is 29.5. The number of nitrogens with zero attached hydrogens (tertiary/aromatic N) is 2. The molecule has 0 spiro atoms. The summed E-state index contributed by atoms with van der Waals surface area (Å²) in [6, 6.07) is 38.6. The monoisotopic (exact) mass is 660 g/mol. The Labute approximate surface area is 291 Å². The van der Waals surface area contributed by atoms with Crippen LogP contribution in [-0.2, 0) is 12.8 Å². The molecule has 1 aromatic heterocycles. The van der Waals surface area contributed by atoms with Crippen LogP contribution in [0.5, 0.6) is 0 Å². The molecule has 6 rings (SSSR count). The molecule has 5 nitrogen and oxygen atoms in total. The average molecular weight is 661 g/mol. The van der Waals surface area contributed by atoms with Gasteiger partial charge in [0.15, 0.2) is 0 Å². The molecule has 0 saturated heterocycles. The third-order valence-corrected chi connectivity index (χ3v) is 10.2. The van der Waals surface area contributed by atoms with Crippen molar-refractivity contribution in [3.05, 3.63) is 148 Å². The van der Waals surface area contributed by atoms with Crippen molar-refractivity contribution in [3.8, 4) is 0 Å². The molecule has 0 bridgehead atoms. The van der Waals surface area contributed by atoms with Crippen LogP contribution in [0.15, 0.2) is 114 Å². The van der Waals surface area contributed by atoms with Crippen molar-refractivity contribution in [3.63, 3.8) is 0 Å². The van der Waals surface area contributed by atoms with Crippen molar-refractivity contribution in [2.45, 2.75) is 70.5 Å². The minimum absolute atomic E-state index is 0.0464. The number of nitrogens with one attached hydrogen (secondary N) is 2. The Balaban J connectivity index is 1.28. The molecule has 6 heteroatoms. The van der Waals surface area contributed by atoms with E-state index in [1.165, 1.54) is 22.3 Å². The van der Waals surface area contributed by atoms with Gasteiger partial charge in [-0.2, -0.15) is 0 Å². The molecule has 1 saturated carbocycles. The molecular weight excluding hydrogens is 612 g/mol. The van der Waals surface area contributed by atoms with Crippen LogP contribution in [0.2, 0.25) is 5.02 Å². The fraction of sp³-hybridized carbons (Fsp3) is 0.357. The van der Waals surface area contributed by atoms with Gasteiger partial charge in [0.1, 0.15) is 11.7 Å². The summed E-state index contributed by atoms with van der Waals surface area (Å²) >= 11 is 6.25. The van der Waals surface area contributed by atoms with Gasteiger partial charge in [-0.05, 0) is 112 Å². The summed E-state index contributed by atoms with van der Waals surface area (Å²) in [5.41, 5.74) is 7.16. The number of anilines is 2. The summed E-state index contributed by atoms with van der Waals surface area (Å²) in [6.45, 7) is 4.38. The van der Waals surface area contributed by atoms with Crippen LogP contribution in [0, 0.1) is 18.8 Å². The van der Waals surface area contributed by atoms with Gasteiger partial charge >= 0.3 is 0 Å². The van der Waals surface area contributed by atoms with Crippen LogP contribution in [-0.4, -0.2) is 30.0 Å². The maximum Gasteiger partial charge on any atom is 0.219 e. The first kappa shape index (κ1) is 33.8. The molecule has 3 atom stereocenters. The molecule has 250 valence electrons. The zero-order chi connectivity index (χ0) is 33.5. The van der Waals surface area contributed by atoms with Crippen LogP contribution < -0.4 is 10.6 Å². The van der Waals surface area contributed by atoms with Crippen molar-refractivity contribution >= 4 is 23.2 Å². The van der Waals surface area contributed by atoms with Crippen molar-refractivity contribution < 1.29 is 4.42 Å². The molecule has 1 aliphatic rings. The molecule has 1 fully saturated rings. The van der Waals surface area contributed by atoms with Gasteiger partial charge < -0.3 is 20.0 Å². The van der Waals surface area contributed by atoms with Crippen LogP contribution in [0.3, 0.4) is 0 Å². The highest BCUT2D eigenvalue weighted by Crippen LogP contribution is 2.45. The maximum atomic E-state index is 6.81. The SMILES string of the molecule is Cc1ccccc1NC(c1nc(Cc2ccccc2)c(NC(C)Cc2ccccc2)o1)C1CCC(C(c2ccc(Cl)cc2)N(C)C)CC1. The summed E-state index contributed by atoms with van der Waals surface area (Å²) in [6.07, 6.45) is 6.07. The predicted octanol–water partition coefficient (Wildman–Crippen LogP) is 10.5.